The molecule has 7 nitrogen and oxygen atoms in total. The van der Waals surface area contributed by atoms with Gasteiger partial charge < -0.3 is 19.5 Å². The van der Waals surface area contributed by atoms with E-state index in [1.54, 1.807) is 19.2 Å². The first-order valence-corrected chi connectivity index (χ1v) is 11.4. The molecule has 0 fully saturated rings. The smallest absolute Gasteiger partial charge is 0.273 e. The summed E-state index contributed by atoms with van der Waals surface area (Å²) < 4.78 is 10.9. The van der Waals surface area contributed by atoms with Crippen LogP contribution in [0.3, 0.4) is 0 Å². The highest BCUT2D eigenvalue weighted by atomic mass is 35.5. The molecule has 1 aromatic heterocycles. The lowest BCUT2D eigenvalue weighted by molar-refractivity contribution is 0.0723. The Morgan fingerprint density at radius 3 is 2.67 bits per heavy atom. The molecule has 1 amide bonds. The number of amides is 1. The second kappa shape index (κ2) is 9.85. The van der Waals surface area contributed by atoms with Crippen molar-refractivity contribution in [1.82, 2.24) is 15.1 Å². The van der Waals surface area contributed by atoms with Crippen LogP contribution in [0.2, 0.25) is 5.02 Å². The quantitative estimate of drug-likeness (QED) is 0.425. The number of carbonyl (C=O) groups is 1. The topological polar surface area (TPSA) is 87.7 Å². The van der Waals surface area contributed by atoms with Gasteiger partial charge in [0.15, 0.2) is 0 Å². The van der Waals surface area contributed by atoms with Gasteiger partial charge in [0.2, 0.25) is 0 Å². The molecule has 4 rings (SSSR count). The van der Waals surface area contributed by atoms with E-state index in [0.29, 0.717) is 48.2 Å². The maximum atomic E-state index is 13.3. The Labute approximate surface area is 198 Å². The fourth-order valence-corrected chi connectivity index (χ4v) is 4.34. The highest BCUT2D eigenvalue weighted by Gasteiger charge is 2.42. The molecule has 1 aliphatic rings. The van der Waals surface area contributed by atoms with Crippen LogP contribution in [0.25, 0.3) is 11.3 Å². The lowest BCUT2D eigenvalue weighted by atomic mass is 9.95. The van der Waals surface area contributed by atoms with E-state index in [1.807, 2.05) is 36.1 Å². The van der Waals surface area contributed by atoms with E-state index >= 15 is 0 Å². The Morgan fingerprint density at radius 1 is 1.21 bits per heavy atom. The molecule has 3 aromatic rings. The summed E-state index contributed by atoms with van der Waals surface area (Å²) in [5.41, 5.74) is 3.86. The molecule has 0 bridgehead atoms. The van der Waals surface area contributed by atoms with Crippen LogP contribution >= 0.6 is 11.6 Å². The maximum Gasteiger partial charge on any atom is 0.273 e. The second-order valence-corrected chi connectivity index (χ2v) is 8.55. The molecule has 2 aromatic carbocycles. The number of fused-ring (bicyclic) bond motifs is 1. The lowest BCUT2D eigenvalue weighted by Crippen LogP contribution is -2.31. The number of aromatic nitrogens is 2. The van der Waals surface area contributed by atoms with Gasteiger partial charge in [0.1, 0.15) is 22.9 Å². The molecule has 0 spiro atoms. The van der Waals surface area contributed by atoms with Gasteiger partial charge in [-0.25, -0.2) is 0 Å². The Morgan fingerprint density at radius 2 is 1.97 bits per heavy atom. The first-order chi connectivity index (χ1) is 16.0. The van der Waals surface area contributed by atoms with Gasteiger partial charge in [-0.15, -0.1) is 0 Å². The van der Waals surface area contributed by atoms with E-state index in [9.17, 15) is 9.90 Å². The number of benzene rings is 2. The van der Waals surface area contributed by atoms with E-state index < -0.39 is 0 Å². The lowest BCUT2D eigenvalue weighted by Gasteiger charge is -2.26. The third-order valence-corrected chi connectivity index (χ3v) is 6.22. The SMILES string of the molecule is CCCOc1ccc(C2c3c(-c4cc(Cl)c(C)cc4O)n[nH]c3C(=O)N2CCCOC)cc1. The molecule has 1 unspecified atom stereocenters. The van der Waals surface area contributed by atoms with Crippen LogP contribution in [-0.2, 0) is 4.74 Å². The predicted molar refractivity (Wildman–Crippen MR) is 127 cm³/mol. The average Bonchev–Trinajstić information content (AvgIpc) is 3.34. The number of hydrogen-bond donors (Lipinski definition) is 2. The molecule has 174 valence electrons. The molecule has 1 atom stereocenters. The standard InChI is InChI=1S/C25H28ClN3O4/c1-4-11-33-17-8-6-16(7-9-17)24-21-22(18-14-19(26)15(2)13-20(18)30)27-28-23(21)25(31)29(24)10-5-12-32-3/h6-9,13-14,24,30H,4-5,10-12H2,1-3H3,(H,27,28). The third-order valence-electron chi connectivity index (χ3n) is 5.81. The van der Waals surface area contributed by atoms with E-state index in [1.165, 1.54) is 0 Å². The Hall–Kier alpha value is -3.03. The number of methoxy groups -OCH3 is 1. The highest BCUT2D eigenvalue weighted by Crippen LogP contribution is 2.45. The first-order valence-electron chi connectivity index (χ1n) is 11.1. The van der Waals surface area contributed by atoms with E-state index in [2.05, 4.69) is 17.1 Å². The Kier molecular flexibility index (Phi) is 6.91. The number of nitrogens with zero attached hydrogens (tertiary/aromatic N) is 2. The summed E-state index contributed by atoms with van der Waals surface area (Å²) in [5.74, 6) is 0.721. The molecule has 33 heavy (non-hydrogen) atoms. The van der Waals surface area contributed by atoms with Crippen molar-refractivity contribution in [2.24, 2.45) is 0 Å². The number of rotatable bonds is 9. The monoisotopic (exact) mass is 469 g/mol. The molecule has 0 saturated heterocycles. The summed E-state index contributed by atoms with van der Waals surface area (Å²) in [6.45, 7) is 5.60. The number of H-pyrrole nitrogens is 1. The summed E-state index contributed by atoms with van der Waals surface area (Å²) in [5, 5.41) is 18.5. The predicted octanol–water partition coefficient (Wildman–Crippen LogP) is 5.11. The van der Waals surface area contributed by atoms with Crippen LogP contribution in [0.15, 0.2) is 36.4 Å². The number of phenolic OH excluding ortho intramolecular Hbond substituents is 1. The van der Waals surface area contributed by atoms with Crippen molar-refractivity contribution >= 4 is 17.5 Å². The molecular formula is C25H28ClN3O4. The third kappa shape index (κ3) is 4.43. The fraction of sp³-hybridized carbons (Fsp3) is 0.360. The number of aryl methyl sites for hydroxylation is 1. The zero-order chi connectivity index (χ0) is 23.5. The van der Waals surface area contributed by atoms with Gasteiger partial charge in [-0.2, -0.15) is 5.10 Å². The zero-order valence-electron chi connectivity index (χ0n) is 19.0. The number of aromatic hydroxyl groups is 1. The Bertz CT molecular complexity index is 1140. The number of nitrogens with one attached hydrogen (secondary N) is 1. The maximum absolute atomic E-state index is 13.3. The van der Waals surface area contributed by atoms with Crippen molar-refractivity contribution in [1.29, 1.82) is 0 Å². The number of phenols is 1. The first kappa shape index (κ1) is 23.1. The minimum absolute atomic E-state index is 0.0681. The number of halogens is 1. The van der Waals surface area contributed by atoms with Crippen LogP contribution in [0.5, 0.6) is 11.5 Å². The second-order valence-electron chi connectivity index (χ2n) is 8.14. The molecule has 0 aliphatic carbocycles. The van der Waals surface area contributed by atoms with Crippen LogP contribution in [0, 0.1) is 6.92 Å². The van der Waals surface area contributed by atoms with Crippen molar-refractivity contribution in [3.05, 3.63) is 63.8 Å². The van der Waals surface area contributed by atoms with Crippen molar-refractivity contribution in [2.45, 2.75) is 32.7 Å². The molecule has 0 saturated carbocycles. The summed E-state index contributed by atoms with van der Waals surface area (Å²) in [7, 11) is 1.65. The molecule has 2 heterocycles. The van der Waals surface area contributed by atoms with Crippen LogP contribution in [0.1, 0.15) is 53.0 Å². The van der Waals surface area contributed by atoms with Crippen LogP contribution in [-0.4, -0.2) is 53.0 Å². The highest BCUT2D eigenvalue weighted by molar-refractivity contribution is 6.31. The summed E-state index contributed by atoms with van der Waals surface area (Å²) in [6, 6.07) is 10.7. The van der Waals surface area contributed by atoms with Crippen molar-refractivity contribution in [3.8, 4) is 22.8 Å². The minimum atomic E-state index is -0.363. The van der Waals surface area contributed by atoms with Gasteiger partial charge in [0.05, 0.1) is 12.6 Å². The van der Waals surface area contributed by atoms with Gasteiger partial charge in [-0.1, -0.05) is 30.7 Å². The van der Waals surface area contributed by atoms with Gasteiger partial charge in [-0.05, 0) is 55.2 Å². The van der Waals surface area contributed by atoms with E-state index in [0.717, 1.165) is 28.9 Å². The van der Waals surface area contributed by atoms with Crippen molar-refractivity contribution < 1.29 is 19.4 Å². The average molecular weight is 470 g/mol. The number of carbonyl (C=O) groups excluding carboxylic acids is 1. The van der Waals surface area contributed by atoms with Crippen LogP contribution in [0.4, 0.5) is 0 Å². The Balaban J connectivity index is 1.79. The normalized spacial score (nSPS) is 15.2. The number of aromatic amines is 1. The van der Waals surface area contributed by atoms with Crippen LogP contribution < -0.4 is 4.74 Å². The molecule has 2 N–H and O–H groups in total. The largest absolute Gasteiger partial charge is 0.507 e. The summed E-state index contributed by atoms with van der Waals surface area (Å²) in [4.78, 5) is 15.2. The van der Waals surface area contributed by atoms with Gasteiger partial charge in [-0.3, -0.25) is 9.89 Å². The van der Waals surface area contributed by atoms with Crippen molar-refractivity contribution in [3.63, 3.8) is 0 Å². The molecule has 8 heteroatoms. The molecular weight excluding hydrogens is 442 g/mol. The fourth-order valence-electron chi connectivity index (χ4n) is 4.18. The zero-order valence-corrected chi connectivity index (χ0v) is 19.8. The molecule has 0 radical (unpaired) electrons. The summed E-state index contributed by atoms with van der Waals surface area (Å²) >= 11 is 6.35. The summed E-state index contributed by atoms with van der Waals surface area (Å²) in [6.07, 6.45) is 1.63. The van der Waals surface area contributed by atoms with Gasteiger partial charge >= 0.3 is 0 Å². The number of hydrogen-bond acceptors (Lipinski definition) is 5. The van der Waals surface area contributed by atoms with Crippen molar-refractivity contribution in [2.75, 3.05) is 26.9 Å². The molecule has 1 aliphatic heterocycles. The van der Waals surface area contributed by atoms with E-state index in [-0.39, 0.29) is 17.7 Å². The van der Waals surface area contributed by atoms with E-state index in [4.69, 9.17) is 21.1 Å². The van der Waals surface area contributed by atoms with Gasteiger partial charge in [0.25, 0.3) is 5.91 Å². The van der Waals surface area contributed by atoms with Gasteiger partial charge in [0, 0.05) is 36.4 Å². The minimum Gasteiger partial charge on any atom is -0.507 e. The number of ether oxygens (including phenoxy) is 2.